The van der Waals surface area contributed by atoms with Gasteiger partial charge in [-0.2, -0.15) is 4.98 Å². The van der Waals surface area contributed by atoms with Gasteiger partial charge in [-0.3, -0.25) is 4.79 Å². The van der Waals surface area contributed by atoms with Crippen LogP contribution in [0.25, 0.3) is 0 Å². The van der Waals surface area contributed by atoms with Crippen molar-refractivity contribution in [1.29, 1.82) is 0 Å². The fourth-order valence-electron chi connectivity index (χ4n) is 3.63. The first-order valence-corrected chi connectivity index (χ1v) is 12.4. The van der Waals surface area contributed by atoms with E-state index in [4.69, 9.17) is 14.5 Å². The topological polar surface area (TPSA) is 97.4 Å². The molecule has 2 heterocycles. The third-order valence-electron chi connectivity index (χ3n) is 5.45. The number of thioether (sulfide) groups is 1. The zero-order chi connectivity index (χ0) is 24.5. The summed E-state index contributed by atoms with van der Waals surface area (Å²) in [5.74, 6) is 2.11. The van der Waals surface area contributed by atoms with Crippen molar-refractivity contribution in [3.05, 3.63) is 72.9 Å². The predicted molar refractivity (Wildman–Crippen MR) is 141 cm³/mol. The van der Waals surface area contributed by atoms with Gasteiger partial charge in [0, 0.05) is 48.6 Å². The van der Waals surface area contributed by atoms with E-state index in [0.29, 0.717) is 30.0 Å². The average Bonchev–Trinajstić information content (AvgIpc) is 3.41. The van der Waals surface area contributed by atoms with Gasteiger partial charge in [0.15, 0.2) is 0 Å². The SMILES string of the molecule is C=CC(=O)Nc1cccc(Nc2nc(Nc3ccc([C@H]4CCOC4)cc3)ncc2SCCOC)c1. The van der Waals surface area contributed by atoms with Crippen LogP contribution in [0, 0.1) is 0 Å². The van der Waals surface area contributed by atoms with Crippen LogP contribution in [0.4, 0.5) is 28.8 Å². The van der Waals surface area contributed by atoms with E-state index < -0.39 is 0 Å². The Morgan fingerprint density at radius 1 is 1.20 bits per heavy atom. The summed E-state index contributed by atoms with van der Waals surface area (Å²) in [5.41, 5.74) is 3.64. The van der Waals surface area contributed by atoms with Crippen molar-refractivity contribution in [2.75, 3.05) is 48.6 Å². The Morgan fingerprint density at radius 3 is 2.77 bits per heavy atom. The number of hydrogen-bond acceptors (Lipinski definition) is 8. The number of amides is 1. The number of methoxy groups -OCH3 is 1. The van der Waals surface area contributed by atoms with E-state index in [1.165, 1.54) is 11.6 Å². The normalized spacial score (nSPS) is 14.9. The number of anilines is 5. The molecule has 4 rings (SSSR count). The highest BCUT2D eigenvalue weighted by Crippen LogP contribution is 2.31. The van der Waals surface area contributed by atoms with Gasteiger partial charge >= 0.3 is 0 Å². The van der Waals surface area contributed by atoms with Crippen LogP contribution in [0.3, 0.4) is 0 Å². The van der Waals surface area contributed by atoms with Crippen molar-refractivity contribution in [3.8, 4) is 0 Å². The standard InChI is InChI=1S/C26H29N5O3S/c1-3-24(32)28-21-5-4-6-22(15-21)29-25-23(35-14-13-33-2)16-27-26(31-25)30-20-9-7-18(8-10-20)19-11-12-34-17-19/h3-10,15-16,19H,1,11-14,17H2,2H3,(H,28,32)(H2,27,29,30,31)/t19-/m0/s1. The summed E-state index contributed by atoms with van der Waals surface area (Å²) in [6.45, 7) is 5.72. The van der Waals surface area contributed by atoms with Gasteiger partial charge in [-0.1, -0.05) is 24.8 Å². The number of rotatable bonds is 11. The van der Waals surface area contributed by atoms with Gasteiger partial charge in [-0.15, -0.1) is 11.8 Å². The molecule has 1 atom stereocenters. The molecular weight excluding hydrogens is 462 g/mol. The van der Waals surface area contributed by atoms with Gasteiger partial charge in [0.2, 0.25) is 11.9 Å². The van der Waals surface area contributed by atoms with Crippen LogP contribution in [0.2, 0.25) is 0 Å². The van der Waals surface area contributed by atoms with Crippen LogP contribution < -0.4 is 16.0 Å². The number of ether oxygens (including phenoxy) is 2. The second-order valence-electron chi connectivity index (χ2n) is 7.95. The first-order valence-electron chi connectivity index (χ1n) is 11.4. The Kier molecular flexibility index (Phi) is 8.72. The maximum absolute atomic E-state index is 11.7. The second kappa shape index (κ2) is 12.3. The lowest BCUT2D eigenvalue weighted by molar-refractivity contribution is -0.111. The summed E-state index contributed by atoms with van der Waals surface area (Å²) in [6.07, 6.45) is 4.10. The third kappa shape index (κ3) is 7.05. The molecule has 1 fully saturated rings. The predicted octanol–water partition coefficient (Wildman–Crippen LogP) is 5.33. The lowest BCUT2D eigenvalue weighted by Gasteiger charge is -2.14. The molecule has 0 saturated carbocycles. The number of nitrogens with zero attached hydrogens (tertiary/aromatic N) is 2. The van der Waals surface area contributed by atoms with E-state index >= 15 is 0 Å². The molecule has 0 aliphatic carbocycles. The Balaban J connectivity index is 1.52. The molecule has 0 radical (unpaired) electrons. The number of benzene rings is 2. The minimum atomic E-state index is -0.266. The van der Waals surface area contributed by atoms with Gasteiger partial charge in [0.1, 0.15) is 5.82 Å². The monoisotopic (exact) mass is 491 g/mol. The molecule has 1 aromatic heterocycles. The first-order chi connectivity index (χ1) is 17.1. The Labute approximate surface area is 209 Å². The Bertz CT molecular complexity index is 1150. The molecular formula is C26H29N5O3S. The largest absolute Gasteiger partial charge is 0.384 e. The van der Waals surface area contributed by atoms with Crippen LogP contribution in [-0.2, 0) is 14.3 Å². The minimum absolute atomic E-state index is 0.266. The highest BCUT2D eigenvalue weighted by atomic mass is 32.2. The fourth-order valence-corrected chi connectivity index (χ4v) is 4.46. The molecule has 3 aromatic rings. The molecule has 1 saturated heterocycles. The molecule has 0 unspecified atom stereocenters. The van der Waals surface area contributed by atoms with Crippen LogP contribution in [0.5, 0.6) is 0 Å². The minimum Gasteiger partial charge on any atom is -0.384 e. The zero-order valence-corrected chi connectivity index (χ0v) is 20.4. The van der Waals surface area contributed by atoms with Gasteiger partial charge < -0.3 is 25.4 Å². The van der Waals surface area contributed by atoms with E-state index in [2.05, 4.69) is 39.6 Å². The van der Waals surface area contributed by atoms with Gasteiger partial charge in [0.25, 0.3) is 0 Å². The molecule has 2 aromatic carbocycles. The van der Waals surface area contributed by atoms with Gasteiger partial charge in [-0.05, 0) is 48.4 Å². The number of carbonyl (C=O) groups is 1. The highest BCUT2D eigenvalue weighted by Gasteiger charge is 2.17. The molecule has 182 valence electrons. The van der Waals surface area contributed by atoms with Gasteiger partial charge in [0.05, 0.1) is 18.1 Å². The lowest BCUT2D eigenvalue weighted by atomic mass is 9.98. The van der Waals surface area contributed by atoms with E-state index in [0.717, 1.165) is 41.7 Å². The van der Waals surface area contributed by atoms with Crippen LogP contribution in [0.1, 0.15) is 17.9 Å². The summed E-state index contributed by atoms with van der Waals surface area (Å²) < 4.78 is 10.7. The molecule has 0 spiro atoms. The van der Waals surface area contributed by atoms with E-state index in [1.807, 2.05) is 36.4 Å². The number of carbonyl (C=O) groups excluding carboxylic acids is 1. The molecule has 3 N–H and O–H groups in total. The van der Waals surface area contributed by atoms with Crippen molar-refractivity contribution in [3.63, 3.8) is 0 Å². The molecule has 1 aliphatic rings. The average molecular weight is 492 g/mol. The molecule has 8 nitrogen and oxygen atoms in total. The van der Waals surface area contributed by atoms with Crippen molar-refractivity contribution < 1.29 is 14.3 Å². The smallest absolute Gasteiger partial charge is 0.247 e. The first kappa shape index (κ1) is 24.7. The van der Waals surface area contributed by atoms with Crippen molar-refractivity contribution >= 4 is 46.5 Å². The Morgan fingerprint density at radius 2 is 2.03 bits per heavy atom. The molecule has 35 heavy (non-hydrogen) atoms. The molecule has 1 aliphatic heterocycles. The summed E-state index contributed by atoms with van der Waals surface area (Å²) in [6, 6.07) is 15.7. The summed E-state index contributed by atoms with van der Waals surface area (Å²) in [5, 5.41) is 9.42. The van der Waals surface area contributed by atoms with E-state index in [1.54, 1.807) is 25.1 Å². The summed E-state index contributed by atoms with van der Waals surface area (Å²) >= 11 is 1.61. The lowest BCUT2D eigenvalue weighted by Crippen LogP contribution is -2.07. The van der Waals surface area contributed by atoms with Crippen molar-refractivity contribution in [2.45, 2.75) is 17.2 Å². The quantitative estimate of drug-likeness (QED) is 0.188. The van der Waals surface area contributed by atoms with Crippen molar-refractivity contribution in [1.82, 2.24) is 9.97 Å². The maximum Gasteiger partial charge on any atom is 0.247 e. The highest BCUT2D eigenvalue weighted by molar-refractivity contribution is 7.99. The second-order valence-corrected chi connectivity index (χ2v) is 9.09. The number of nitrogens with one attached hydrogen (secondary N) is 3. The van der Waals surface area contributed by atoms with Crippen LogP contribution in [-0.4, -0.2) is 48.6 Å². The number of hydrogen-bond donors (Lipinski definition) is 3. The van der Waals surface area contributed by atoms with Crippen LogP contribution >= 0.6 is 11.8 Å². The molecule has 9 heteroatoms. The van der Waals surface area contributed by atoms with Crippen molar-refractivity contribution in [2.24, 2.45) is 0 Å². The fraction of sp³-hybridized carbons (Fsp3) is 0.269. The summed E-state index contributed by atoms with van der Waals surface area (Å²) in [4.78, 5) is 21.8. The third-order valence-corrected chi connectivity index (χ3v) is 6.43. The van der Waals surface area contributed by atoms with E-state index in [9.17, 15) is 4.79 Å². The van der Waals surface area contributed by atoms with E-state index in [-0.39, 0.29) is 5.91 Å². The maximum atomic E-state index is 11.7. The zero-order valence-electron chi connectivity index (χ0n) is 19.6. The number of aromatic nitrogens is 2. The Hall–Kier alpha value is -3.40. The van der Waals surface area contributed by atoms with Gasteiger partial charge in [-0.25, -0.2) is 4.98 Å². The molecule has 0 bridgehead atoms. The van der Waals surface area contributed by atoms with Crippen LogP contribution in [0.15, 0.2) is 72.3 Å². The molecule has 1 amide bonds. The summed E-state index contributed by atoms with van der Waals surface area (Å²) in [7, 11) is 1.68.